The molecule has 0 aromatic carbocycles. The molecule has 0 aliphatic carbocycles. The van der Waals surface area contributed by atoms with Crippen LogP contribution in [0.5, 0.6) is 0 Å². The molecule has 1 saturated heterocycles. The molecule has 0 spiro atoms. The van der Waals surface area contributed by atoms with Crippen molar-refractivity contribution in [3.63, 3.8) is 0 Å². The molecule has 2 atom stereocenters. The maximum absolute atomic E-state index is 5.73. The number of ether oxygens (including phenoxy) is 1. The first-order chi connectivity index (χ1) is 7.84. The fourth-order valence-corrected chi connectivity index (χ4v) is 2.11. The molecule has 2 heterocycles. The predicted octanol–water partition coefficient (Wildman–Crippen LogP) is 1.50. The Bertz CT molecular complexity index is 286. The molecule has 2 unspecified atom stereocenters. The lowest BCUT2D eigenvalue weighted by Crippen LogP contribution is -2.27. The van der Waals surface area contributed by atoms with Gasteiger partial charge < -0.3 is 15.0 Å². The molecule has 0 saturated carbocycles. The molecule has 0 radical (unpaired) electrons. The highest BCUT2D eigenvalue weighted by Gasteiger charge is 2.20. The van der Waals surface area contributed by atoms with Crippen molar-refractivity contribution < 1.29 is 4.74 Å². The van der Waals surface area contributed by atoms with Gasteiger partial charge in [-0.05, 0) is 32.7 Å². The van der Waals surface area contributed by atoms with E-state index in [4.69, 9.17) is 4.74 Å². The highest BCUT2D eigenvalue weighted by molar-refractivity contribution is 4.86. The van der Waals surface area contributed by atoms with E-state index in [9.17, 15) is 0 Å². The van der Waals surface area contributed by atoms with Crippen molar-refractivity contribution in [3.05, 3.63) is 18.2 Å². The number of rotatable bonds is 6. The molecule has 90 valence electrons. The van der Waals surface area contributed by atoms with Crippen LogP contribution in [0.25, 0.3) is 0 Å². The van der Waals surface area contributed by atoms with Crippen molar-refractivity contribution in [2.24, 2.45) is 0 Å². The summed E-state index contributed by atoms with van der Waals surface area (Å²) in [6.45, 7) is 4.17. The molecule has 1 aliphatic heterocycles. The molecule has 16 heavy (non-hydrogen) atoms. The standard InChI is InChI=1S/C12H21N3O/c1-10-4-5-11(16-10)9-13-6-2-3-12-14-7-8-15-12/h7-8,10-11,13H,2-6,9H2,1H3,(H,14,15). The first-order valence-corrected chi connectivity index (χ1v) is 6.19. The number of imidazole rings is 1. The maximum atomic E-state index is 5.73. The number of nitrogens with zero attached hydrogens (tertiary/aromatic N) is 1. The average molecular weight is 223 g/mol. The summed E-state index contributed by atoms with van der Waals surface area (Å²) in [6.07, 6.45) is 9.10. The number of aryl methyl sites for hydroxylation is 1. The number of hydrogen-bond donors (Lipinski definition) is 2. The van der Waals surface area contributed by atoms with Gasteiger partial charge in [0.05, 0.1) is 12.2 Å². The third-order valence-corrected chi connectivity index (χ3v) is 3.01. The lowest BCUT2D eigenvalue weighted by atomic mass is 10.2. The second-order valence-electron chi connectivity index (χ2n) is 4.49. The van der Waals surface area contributed by atoms with Crippen molar-refractivity contribution in [1.82, 2.24) is 15.3 Å². The summed E-state index contributed by atoms with van der Waals surface area (Å²) in [4.78, 5) is 7.30. The molecule has 2 N–H and O–H groups in total. The van der Waals surface area contributed by atoms with Gasteiger partial charge in [0.1, 0.15) is 5.82 Å². The number of nitrogens with one attached hydrogen (secondary N) is 2. The van der Waals surface area contributed by atoms with Gasteiger partial charge in [-0.2, -0.15) is 0 Å². The Morgan fingerprint density at radius 3 is 3.19 bits per heavy atom. The summed E-state index contributed by atoms with van der Waals surface area (Å²) in [6, 6.07) is 0. The van der Waals surface area contributed by atoms with Crippen LogP contribution < -0.4 is 5.32 Å². The van der Waals surface area contributed by atoms with Crippen molar-refractivity contribution in [1.29, 1.82) is 0 Å². The van der Waals surface area contributed by atoms with E-state index in [1.807, 2.05) is 6.20 Å². The largest absolute Gasteiger partial charge is 0.374 e. The summed E-state index contributed by atoms with van der Waals surface area (Å²) in [7, 11) is 0. The normalized spacial score (nSPS) is 25.1. The zero-order valence-corrected chi connectivity index (χ0v) is 9.91. The van der Waals surface area contributed by atoms with E-state index in [-0.39, 0.29) is 0 Å². The van der Waals surface area contributed by atoms with E-state index < -0.39 is 0 Å². The fourth-order valence-electron chi connectivity index (χ4n) is 2.11. The molecule has 1 fully saturated rings. The molecule has 1 aromatic rings. The van der Waals surface area contributed by atoms with Crippen LogP contribution in [0.15, 0.2) is 12.4 Å². The SMILES string of the molecule is CC1CCC(CNCCCc2ncc[nH]2)O1. The Morgan fingerprint density at radius 1 is 1.56 bits per heavy atom. The Kier molecular flexibility index (Phi) is 4.36. The number of hydrogen-bond acceptors (Lipinski definition) is 3. The van der Waals surface area contributed by atoms with E-state index in [1.165, 1.54) is 12.8 Å². The lowest BCUT2D eigenvalue weighted by Gasteiger charge is -2.11. The molecule has 1 aromatic heterocycles. The highest BCUT2D eigenvalue weighted by Crippen LogP contribution is 2.17. The van der Waals surface area contributed by atoms with Gasteiger partial charge in [0.2, 0.25) is 0 Å². The second-order valence-corrected chi connectivity index (χ2v) is 4.49. The maximum Gasteiger partial charge on any atom is 0.106 e. The molecule has 0 bridgehead atoms. The molecule has 4 heteroatoms. The Morgan fingerprint density at radius 2 is 2.50 bits per heavy atom. The smallest absolute Gasteiger partial charge is 0.106 e. The third-order valence-electron chi connectivity index (χ3n) is 3.01. The average Bonchev–Trinajstić information content (AvgIpc) is 2.89. The Labute approximate surface area is 96.8 Å². The quantitative estimate of drug-likeness (QED) is 0.719. The van der Waals surface area contributed by atoms with Crippen LogP contribution in [0.4, 0.5) is 0 Å². The zero-order chi connectivity index (χ0) is 11.2. The molecule has 0 amide bonds. The lowest BCUT2D eigenvalue weighted by molar-refractivity contribution is 0.0561. The van der Waals surface area contributed by atoms with Gasteiger partial charge in [-0.3, -0.25) is 0 Å². The number of aromatic amines is 1. The first-order valence-electron chi connectivity index (χ1n) is 6.19. The van der Waals surface area contributed by atoms with Crippen molar-refractivity contribution >= 4 is 0 Å². The van der Waals surface area contributed by atoms with Gasteiger partial charge in [0.15, 0.2) is 0 Å². The highest BCUT2D eigenvalue weighted by atomic mass is 16.5. The summed E-state index contributed by atoms with van der Waals surface area (Å²) in [5, 5.41) is 3.44. The molecular weight excluding hydrogens is 202 g/mol. The minimum absolute atomic E-state index is 0.429. The molecular formula is C12H21N3O. The van der Waals surface area contributed by atoms with Crippen LogP contribution in [0.1, 0.15) is 32.0 Å². The van der Waals surface area contributed by atoms with Crippen LogP contribution in [0.2, 0.25) is 0 Å². The van der Waals surface area contributed by atoms with Gasteiger partial charge in [0, 0.05) is 25.4 Å². The van der Waals surface area contributed by atoms with Crippen LogP contribution in [-0.2, 0) is 11.2 Å². The summed E-state index contributed by atoms with van der Waals surface area (Å²) in [5.41, 5.74) is 0. The fraction of sp³-hybridized carbons (Fsp3) is 0.750. The molecule has 2 rings (SSSR count). The number of aromatic nitrogens is 2. The van der Waals surface area contributed by atoms with Crippen molar-refractivity contribution in [3.8, 4) is 0 Å². The van der Waals surface area contributed by atoms with Gasteiger partial charge >= 0.3 is 0 Å². The predicted molar refractivity (Wildman–Crippen MR) is 63.3 cm³/mol. The summed E-state index contributed by atoms with van der Waals surface area (Å²) in [5.74, 6) is 1.08. The minimum Gasteiger partial charge on any atom is -0.374 e. The first kappa shape index (κ1) is 11.6. The minimum atomic E-state index is 0.429. The van der Waals surface area contributed by atoms with E-state index >= 15 is 0 Å². The molecule has 4 nitrogen and oxygen atoms in total. The molecule has 1 aliphatic rings. The Balaban J connectivity index is 1.49. The van der Waals surface area contributed by atoms with E-state index in [0.29, 0.717) is 12.2 Å². The van der Waals surface area contributed by atoms with Gasteiger partial charge in [0.25, 0.3) is 0 Å². The third kappa shape index (κ3) is 3.61. The van der Waals surface area contributed by atoms with Crippen LogP contribution in [0.3, 0.4) is 0 Å². The van der Waals surface area contributed by atoms with Crippen LogP contribution >= 0.6 is 0 Å². The summed E-state index contributed by atoms with van der Waals surface area (Å²) < 4.78 is 5.73. The van der Waals surface area contributed by atoms with Crippen molar-refractivity contribution in [2.45, 2.75) is 44.8 Å². The monoisotopic (exact) mass is 223 g/mol. The van der Waals surface area contributed by atoms with Crippen LogP contribution in [-0.4, -0.2) is 35.3 Å². The topological polar surface area (TPSA) is 49.9 Å². The summed E-state index contributed by atoms with van der Waals surface area (Å²) >= 11 is 0. The van der Waals surface area contributed by atoms with Crippen LogP contribution in [0, 0.1) is 0 Å². The van der Waals surface area contributed by atoms with Gasteiger partial charge in [-0.15, -0.1) is 0 Å². The Hall–Kier alpha value is -0.870. The van der Waals surface area contributed by atoms with Gasteiger partial charge in [-0.1, -0.05) is 0 Å². The van der Waals surface area contributed by atoms with E-state index in [0.717, 1.165) is 31.8 Å². The van der Waals surface area contributed by atoms with E-state index in [2.05, 4.69) is 22.2 Å². The van der Waals surface area contributed by atoms with Gasteiger partial charge in [-0.25, -0.2) is 4.98 Å². The number of H-pyrrole nitrogens is 1. The van der Waals surface area contributed by atoms with Crippen molar-refractivity contribution in [2.75, 3.05) is 13.1 Å². The van der Waals surface area contributed by atoms with E-state index in [1.54, 1.807) is 6.20 Å². The zero-order valence-electron chi connectivity index (χ0n) is 9.91. The second kappa shape index (κ2) is 6.01.